The van der Waals surface area contributed by atoms with Crippen LogP contribution in [0.1, 0.15) is 25.0 Å². The number of nitrogens with zero attached hydrogens (tertiary/aromatic N) is 1. The van der Waals surface area contributed by atoms with Crippen LogP contribution < -0.4 is 9.47 Å². The van der Waals surface area contributed by atoms with Crippen LogP contribution in [-0.2, 0) is 6.42 Å². The molecule has 0 radical (unpaired) electrons. The molecule has 0 atom stereocenters. The lowest BCUT2D eigenvalue weighted by Crippen LogP contribution is -2.11. The number of aryl methyl sites for hydroxylation is 2. The summed E-state index contributed by atoms with van der Waals surface area (Å²) in [7, 11) is 0. The van der Waals surface area contributed by atoms with Crippen molar-refractivity contribution in [1.29, 1.82) is 0 Å². The Balaban J connectivity index is 1.87. The van der Waals surface area contributed by atoms with Crippen LogP contribution in [0.4, 0.5) is 5.69 Å². The first-order valence-corrected chi connectivity index (χ1v) is 9.45. The van der Waals surface area contributed by atoms with Gasteiger partial charge in [-0.1, -0.05) is 55.0 Å². The summed E-state index contributed by atoms with van der Waals surface area (Å²) in [5.74, 6) is 2.04. The van der Waals surface area contributed by atoms with E-state index in [1.54, 1.807) is 6.26 Å². The molecule has 3 nitrogen and oxygen atoms in total. The Bertz CT molecular complexity index is 957. The van der Waals surface area contributed by atoms with E-state index in [2.05, 4.69) is 18.0 Å². The molecule has 0 saturated heterocycles. The molecule has 3 heteroatoms. The Morgan fingerprint density at radius 2 is 1.64 bits per heavy atom. The fourth-order valence-corrected chi connectivity index (χ4v) is 2.58. The van der Waals surface area contributed by atoms with E-state index in [4.69, 9.17) is 9.47 Å². The molecular formula is C25H25NO2. The van der Waals surface area contributed by atoms with E-state index < -0.39 is 0 Å². The van der Waals surface area contributed by atoms with Crippen molar-refractivity contribution in [1.82, 2.24) is 0 Å². The van der Waals surface area contributed by atoms with E-state index in [1.165, 1.54) is 11.1 Å². The van der Waals surface area contributed by atoms with Crippen LogP contribution in [0.3, 0.4) is 0 Å². The largest absolute Gasteiger partial charge is 0.465 e. The molecule has 0 bridgehead atoms. The van der Waals surface area contributed by atoms with Crippen LogP contribution >= 0.6 is 0 Å². The Labute approximate surface area is 167 Å². The van der Waals surface area contributed by atoms with Gasteiger partial charge >= 0.3 is 0 Å². The van der Waals surface area contributed by atoms with E-state index in [-0.39, 0.29) is 0 Å². The maximum absolute atomic E-state index is 6.13. The van der Waals surface area contributed by atoms with Crippen LogP contribution in [0.25, 0.3) is 0 Å². The SMILES string of the molecule is CCc1cccc(OC(=N\c2ccccc2)/C(C)=C/Oc2ccc(C)cc2)c1. The predicted octanol–water partition coefficient (Wildman–Crippen LogP) is 6.65. The third-order valence-corrected chi connectivity index (χ3v) is 4.24. The van der Waals surface area contributed by atoms with Crippen LogP contribution in [-0.4, -0.2) is 5.90 Å². The first-order chi connectivity index (χ1) is 13.6. The minimum absolute atomic E-state index is 0.506. The van der Waals surface area contributed by atoms with E-state index in [1.807, 2.05) is 86.6 Å². The number of rotatable bonds is 6. The van der Waals surface area contributed by atoms with E-state index in [9.17, 15) is 0 Å². The van der Waals surface area contributed by atoms with Gasteiger partial charge in [-0.2, -0.15) is 0 Å². The van der Waals surface area contributed by atoms with E-state index in [0.29, 0.717) is 5.90 Å². The molecule has 28 heavy (non-hydrogen) atoms. The Kier molecular flexibility index (Phi) is 6.64. The fourth-order valence-electron chi connectivity index (χ4n) is 2.58. The van der Waals surface area contributed by atoms with Crippen molar-refractivity contribution in [3.05, 3.63) is 102 Å². The van der Waals surface area contributed by atoms with Crippen molar-refractivity contribution in [2.75, 3.05) is 0 Å². The van der Waals surface area contributed by atoms with Gasteiger partial charge in [0, 0.05) is 5.57 Å². The summed E-state index contributed by atoms with van der Waals surface area (Å²) < 4.78 is 11.9. The zero-order valence-corrected chi connectivity index (χ0v) is 16.6. The van der Waals surface area contributed by atoms with Crippen LogP contribution in [0, 0.1) is 6.92 Å². The Morgan fingerprint density at radius 1 is 0.893 bits per heavy atom. The van der Waals surface area contributed by atoms with Crippen molar-refractivity contribution in [3.8, 4) is 11.5 Å². The molecule has 3 aromatic rings. The van der Waals surface area contributed by atoms with Crippen molar-refractivity contribution in [2.45, 2.75) is 27.2 Å². The second-order valence-electron chi connectivity index (χ2n) is 6.59. The van der Waals surface area contributed by atoms with Crippen molar-refractivity contribution in [3.63, 3.8) is 0 Å². The standard InChI is InChI=1S/C25H25NO2/c1-4-21-9-8-12-24(17-21)28-25(26-22-10-6-5-7-11-22)20(3)18-27-23-15-13-19(2)14-16-23/h5-18H,4H2,1-3H3/b20-18+,26-25-. The van der Waals surface area contributed by atoms with Gasteiger partial charge in [-0.15, -0.1) is 0 Å². The molecule has 0 unspecified atom stereocenters. The first kappa shape index (κ1) is 19.4. The van der Waals surface area contributed by atoms with Crippen LogP contribution in [0.15, 0.2) is 95.7 Å². The molecule has 0 saturated carbocycles. The van der Waals surface area contributed by atoms with Gasteiger partial charge in [-0.05, 0) is 62.2 Å². The maximum Gasteiger partial charge on any atom is 0.225 e. The highest BCUT2D eigenvalue weighted by Crippen LogP contribution is 2.20. The van der Waals surface area contributed by atoms with Crippen LogP contribution in [0.5, 0.6) is 11.5 Å². The van der Waals surface area contributed by atoms with Gasteiger partial charge < -0.3 is 9.47 Å². The van der Waals surface area contributed by atoms with Crippen LogP contribution in [0.2, 0.25) is 0 Å². The molecule has 0 amide bonds. The zero-order valence-electron chi connectivity index (χ0n) is 16.6. The summed E-state index contributed by atoms with van der Waals surface area (Å²) >= 11 is 0. The highest BCUT2D eigenvalue weighted by Gasteiger charge is 2.08. The molecule has 0 aromatic heterocycles. The third kappa shape index (κ3) is 5.58. The summed E-state index contributed by atoms with van der Waals surface area (Å²) in [4.78, 5) is 4.68. The number of hydrogen-bond donors (Lipinski definition) is 0. The lowest BCUT2D eigenvalue weighted by Gasteiger charge is -2.11. The second kappa shape index (κ2) is 9.56. The summed E-state index contributed by atoms with van der Waals surface area (Å²) in [6.07, 6.45) is 2.63. The second-order valence-corrected chi connectivity index (χ2v) is 6.59. The van der Waals surface area contributed by atoms with Gasteiger partial charge in [0.25, 0.3) is 0 Å². The highest BCUT2D eigenvalue weighted by atomic mass is 16.5. The van der Waals surface area contributed by atoms with Crippen molar-refractivity contribution < 1.29 is 9.47 Å². The molecule has 0 aliphatic rings. The summed E-state index contributed by atoms with van der Waals surface area (Å²) in [6, 6.07) is 25.7. The molecule has 0 spiro atoms. The molecule has 0 heterocycles. The normalized spacial score (nSPS) is 12.0. The number of benzene rings is 3. The fraction of sp³-hybridized carbons (Fsp3) is 0.160. The average Bonchev–Trinajstić information content (AvgIpc) is 2.73. The minimum Gasteiger partial charge on any atom is -0.465 e. The first-order valence-electron chi connectivity index (χ1n) is 9.45. The smallest absolute Gasteiger partial charge is 0.225 e. The van der Waals surface area contributed by atoms with Gasteiger partial charge in [0.2, 0.25) is 5.90 Å². The summed E-state index contributed by atoms with van der Waals surface area (Å²) in [5, 5.41) is 0. The van der Waals surface area contributed by atoms with E-state index >= 15 is 0 Å². The number of hydrogen-bond acceptors (Lipinski definition) is 3. The van der Waals surface area contributed by atoms with Gasteiger partial charge in [0.05, 0.1) is 11.9 Å². The number of para-hydroxylation sites is 1. The lowest BCUT2D eigenvalue weighted by molar-refractivity contribution is 0.473. The highest BCUT2D eigenvalue weighted by molar-refractivity contribution is 5.96. The van der Waals surface area contributed by atoms with Crippen molar-refractivity contribution in [2.24, 2.45) is 4.99 Å². The molecular weight excluding hydrogens is 346 g/mol. The molecule has 0 aliphatic heterocycles. The predicted molar refractivity (Wildman–Crippen MR) is 116 cm³/mol. The Hall–Kier alpha value is -3.33. The quantitative estimate of drug-likeness (QED) is 0.276. The van der Waals surface area contributed by atoms with Gasteiger partial charge in [0.15, 0.2) is 0 Å². The zero-order chi connectivity index (χ0) is 19.8. The minimum atomic E-state index is 0.506. The van der Waals surface area contributed by atoms with Gasteiger partial charge in [-0.3, -0.25) is 0 Å². The van der Waals surface area contributed by atoms with Gasteiger partial charge in [0.1, 0.15) is 11.5 Å². The summed E-state index contributed by atoms with van der Waals surface area (Å²) in [6.45, 7) is 6.10. The average molecular weight is 371 g/mol. The van der Waals surface area contributed by atoms with Crippen molar-refractivity contribution >= 4 is 11.6 Å². The maximum atomic E-state index is 6.13. The van der Waals surface area contributed by atoms with Gasteiger partial charge in [-0.25, -0.2) is 4.99 Å². The van der Waals surface area contributed by atoms with E-state index in [0.717, 1.165) is 29.2 Å². The third-order valence-electron chi connectivity index (χ3n) is 4.24. The molecule has 0 fully saturated rings. The number of aliphatic imine (C=N–C) groups is 1. The lowest BCUT2D eigenvalue weighted by atomic mass is 10.2. The Morgan fingerprint density at radius 3 is 2.36 bits per heavy atom. The molecule has 142 valence electrons. The summed E-state index contributed by atoms with van der Waals surface area (Å²) in [5.41, 5.74) is 4.03. The molecule has 0 aliphatic carbocycles. The topological polar surface area (TPSA) is 30.8 Å². The molecule has 3 rings (SSSR count). The number of ether oxygens (including phenoxy) is 2. The molecule has 0 N–H and O–H groups in total. The molecule has 3 aromatic carbocycles. The monoisotopic (exact) mass is 371 g/mol.